The van der Waals surface area contributed by atoms with E-state index in [0.29, 0.717) is 29.4 Å². The maximum atomic E-state index is 12.1. The van der Waals surface area contributed by atoms with Crippen molar-refractivity contribution in [3.8, 4) is 11.5 Å². The number of carbonyl (C=O) groups is 3. The molecule has 0 atom stereocenters. The molecule has 0 aliphatic heterocycles. The van der Waals surface area contributed by atoms with E-state index in [1.165, 1.54) is 20.1 Å². The number of hydrogen-bond acceptors (Lipinski definition) is 6. The van der Waals surface area contributed by atoms with E-state index in [0.717, 1.165) is 5.56 Å². The predicted octanol–water partition coefficient (Wildman–Crippen LogP) is 3.49. The fourth-order valence-corrected chi connectivity index (χ4v) is 2.38. The van der Waals surface area contributed by atoms with Gasteiger partial charge in [0.1, 0.15) is 0 Å². The first kappa shape index (κ1) is 21.7. The molecule has 2 aromatic rings. The summed E-state index contributed by atoms with van der Waals surface area (Å²) in [5.74, 6) is -0.102. The molecule has 7 heteroatoms. The number of benzene rings is 2. The number of ketones is 1. The summed E-state index contributed by atoms with van der Waals surface area (Å²) in [5, 5.41) is 2.72. The zero-order valence-corrected chi connectivity index (χ0v) is 16.6. The van der Waals surface area contributed by atoms with Gasteiger partial charge in [0.2, 0.25) is 0 Å². The van der Waals surface area contributed by atoms with Gasteiger partial charge in [-0.3, -0.25) is 9.59 Å². The molecular formula is C22H23NO6. The standard InChI is InChI=1S/C22H23NO6/c1-4-28-22(26)12-7-16-5-9-18(10-6-16)23-21(25)14-29-19-11-8-17(15(2)24)13-20(19)27-3/h5-13H,4,14H2,1-3H3,(H,23,25)/b12-7+. The van der Waals surface area contributed by atoms with E-state index in [1.54, 1.807) is 55.5 Å². The smallest absolute Gasteiger partial charge is 0.330 e. The number of hydrogen-bond donors (Lipinski definition) is 1. The van der Waals surface area contributed by atoms with Gasteiger partial charge in [0.25, 0.3) is 5.91 Å². The van der Waals surface area contributed by atoms with Crippen molar-refractivity contribution in [2.75, 3.05) is 25.6 Å². The molecule has 0 unspecified atom stereocenters. The molecule has 29 heavy (non-hydrogen) atoms. The van der Waals surface area contributed by atoms with E-state index < -0.39 is 5.97 Å². The molecule has 152 valence electrons. The first-order valence-electron chi connectivity index (χ1n) is 8.99. The molecule has 2 rings (SSSR count). The normalized spacial score (nSPS) is 10.4. The van der Waals surface area contributed by atoms with Gasteiger partial charge in [-0.25, -0.2) is 4.79 Å². The van der Waals surface area contributed by atoms with Crippen LogP contribution in [0.3, 0.4) is 0 Å². The molecule has 0 heterocycles. The van der Waals surface area contributed by atoms with Gasteiger partial charge in [-0.05, 0) is 55.8 Å². The van der Waals surface area contributed by atoms with Gasteiger partial charge in [0.15, 0.2) is 23.9 Å². The number of ether oxygens (including phenoxy) is 3. The molecule has 7 nitrogen and oxygen atoms in total. The monoisotopic (exact) mass is 397 g/mol. The highest BCUT2D eigenvalue weighted by Gasteiger charge is 2.10. The van der Waals surface area contributed by atoms with Crippen LogP contribution in [0.15, 0.2) is 48.5 Å². The van der Waals surface area contributed by atoms with E-state index in [4.69, 9.17) is 14.2 Å². The highest BCUT2D eigenvalue weighted by Crippen LogP contribution is 2.28. The molecule has 0 aromatic heterocycles. The number of esters is 1. The second-order valence-electron chi connectivity index (χ2n) is 5.97. The average molecular weight is 397 g/mol. The Labute approximate surface area is 169 Å². The van der Waals surface area contributed by atoms with Crippen molar-refractivity contribution in [3.05, 3.63) is 59.7 Å². The summed E-state index contributed by atoms with van der Waals surface area (Å²) in [6, 6.07) is 11.7. The zero-order chi connectivity index (χ0) is 21.2. The third-order valence-electron chi connectivity index (χ3n) is 3.82. The predicted molar refractivity (Wildman–Crippen MR) is 109 cm³/mol. The van der Waals surface area contributed by atoms with Crippen LogP contribution in [0.25, 0.3) is 6.08 Å². The Morgan fingerprint density at radius 2 is 1.76 bits per heavy atom. The second-order valence-corrected chi connectivity index (χ2v) is 5.97. The Morgan fingerprint density at radius 3 is 2.38 bits per heavy atom. The van der Waals surface area contributed by atoms with Crippen molar-refractivity contribution in [1.82, 2.24) is 0 Å². The molecule has 0 saturated carbocycles. The molecule has 0 fully saturated rings. The van der Waals surface area contributed by atoms with Crippen molar-refractivity contribution < 1.29 is 28.6 Å². The number of amides is 1. The minimum Gasteiger partial charge on any atom is -0.493 e. The lowest BCUT2D eigenvalue weighted by Gasteiger charge is -2.12. The lowest BCUT2D eigenvalue weighted by molar-refractivity contribution is -0.137. The Hall–Kier alpha value is -3.61. The van der Waals surface area contributed by atoms with Crippen LogP contribution in [-0.2, 0) is 14.3 Å². The molecular weight excluding hydrogens is 374 g/mol. The third kappa shape index (κ3) is 6.80. The first-order valence-corrected chi connectivity index (χ1v) is 8.99. The van der Waals surface area contributed by atoms with Crippen LogP contribution < -0.4 is 14.8 Å². The van der Waals surface area contributed by atoms with Crippen molar-refractivity contribution >= 4 is 29.4 Å². The van der Waals surface area contributed by atoms with Gasteiger partial charge < -0.3 is 19.5 Å². The van der Waals surface area contributed by atoms with Crippen LogP contribution in [-0.4, -0.2) is 38.0 Å². The fourth-order valence-electron chi connectivity index (χ4n) is 2.38. The topological polar surface area (TPSA) is 90.9 Å². The number of carbonyl (C=O) groups excluding carboxylic acids is 3. The van der Waals surface area contributed by atoms with E-state index in [2.05, 4.69) is 5.32 Å². The molecule has 0 radical (unpaired) electrons. The van der Waals surface area contributed by atoms with Gasteiger partial charge in [-0.2, -0.15) is 0 Å². The summed E-state index contributed by atoms with van der Waals surface area (Å²) in [6.45, 7) is 3.30. The van der Waals surface area contributed by atoms with Crippen LogP contribution in [0, 0.1) is 0 Å². The van der Waals surface area contributed by atoms with Gasteiger partial charge in [0, 0.05) is 17.3 Å². The van der Waals surface area contributed by atoms with Gasteiger partial charge in [0.05, 0.1) is 13.7 Å². The van der Waals surface area contributed by atoms with E-state index >= 15 is 0 Å². The summed E-state index contributed by atoms with van der Waals surface area (Å²) >= 11 is 0. The summed E-state index contributed by atoms with van der Waals surface area (Å²) in [5.41, 5.74) is 1.88. The number of Topliss-reactive ketones (excluding diaryl/α,β-unsaturated/α-hetero) is 1. The molecule has 2 aromatic carbocycles. The molecule has 0 saturated heterocycles. The minimum atomic E-state index is -0.409. The molecule has 0 aliphatic rings. The van der Waals surface area contributed by atoms with Crippen molar-refractivity contribution in [2.45, 2.75) is 13.8 Å². The van der Waals surface area contributed by atoms with Crippen molar-refractivity contribution in [2.24, 2.45) is 0 Å². The quantitative estimate of drug-likeness (QED) is 0.396. The zero-order valence-electron chi connectivity index (χ0n) is 16.6. The SMILES string of the molecule is CCOC(=O)/C=C/c1ccc(NC(=O)COc2ccc(C(C)=O)cc2OC)cc1. The Morgan fingerprint density at radius 1 is 1.03 bits per heavy atom. The lowest BCUT2D eigenvalue weighted by atomic mass is 10.1. The number of nitrogens with one attached hydrogen (secondary N) is 1. The van der Waals surface area contributed by atoms with Crippen LogP contribution >= 0.6 is 0 Å². The highest BCUT2D eigenvalue weighted by atomic mass is 16.5. The minimum absolute atomic E-state index is 0.0897. The summed E-state index contributed by atoms with van der Waals surface area (Å²) in [4.78, 5) is 34.9. The van der Waals surface area contributed by atoms with Crippen LogP contribution in [0.5, 0.6) is 11.5 Å². The third-order valence-corrected chi connectivity index (χ3v) is 3.82. The van der Waals surface area contributed by atoms with Gasteiger partial charge in [-0.15, -0.1) is 0 Å². The van der Waals surface area contributed by atoms with Crippen LogP contribution in [0.2, 0.25) is 0 Å². The van der Waals surface area contributed by atoms with Gasteiger partial charge >= 0.3 is 5.97 Å². The molecule has 1 N–H and O–H groups in total. The van der Waals surface area contributed by atoms with Crippen LogP contribution in [0.4, 0.5) is 5.69 Å². The largest absolute Gasteiger partial charge is 0.493 e. The number of methoxy groups -OCH3 is 1. The maximum absolute atomic E-state index is 12.1. The van der Waals surface area contributed by atoms with Gasteiger partial charge in [-0.1, -0.05) is 12.1 Å². The summed E-state index contributed by atoms with van der Waals surface area (Å²) < 4.78 is 15.5. The molecule has 0 bridgehead atoms. The Kier molecular flexibility index (Phi) is 7.97. The highest BCUT2D eigenvalue weighted by molar-refractivity contribution is 5.95. The van der Waals surface area contributed by atoms with E-state index in [1.807, 2.05) is 0 Å². The Balaban J connectivity index is 1.91. The maximum Gasteiger partial charge on any atom is 0.330 e. The summed E-state index contributed by atoms with van der Waals surface area (Å²) in [7, 11) is 1.46. The number of anilines is 1. The fraction of sp³-hybridized carbons (Fsp3) is 0.227. The average Bonchev–Trinajstić information content (AvgIpc) is 2.71. The van der Waals surface area contributed by atoms with E-state index in [-0.39, 0.29) is 18.3 Å². The molecule has 0 aliphatic carbocycles. The van der Waals surface area contributed by atoms with Crippen LogP contribution in [0.1, 0.15) is 29.8 Å². The Bertz CT molecular complexity index is 902. The molecule has 0 spiro atoms. The summed E-state index contributed by atoms with van der Waals surface area (Å²) in [6.07, 6.45) is 2.97. The lowest BCUT2D eigenvalue weighted by Crippen LogP contribution is -2.20. The first-order chi connectivity index (χ1) is 13.9. The van der Waals surface area contributed by atoms with Crippen molar-refractivity contribution in [3.63, 3.8) is 0 Å². The number of rotatable bonds is 9. The second kappa shape index (κ2) is 10.7. The van der Waals surface area contributed by atoms with Crippen molar-refractivity contribution in [1.29, 1.82) is 0 Å². The van der Waals surface area contributed by atoms with E-state index in [9.17, 15) is 14.4 Å². The molecule has 1 amide bonds.